The highest BCUT2D eigenvalue weighted by molar-refractivity contribution is 6.01. The first-order valence-electron chi connectivity index (χ1n) is 8.87. The van der Waals surface area contributed by atoms with Crippen molar-refractivity contribution in [2.45, 2.75) is 13.5 Å². The first kappa shape index (κ1) is 18.1. The maximum atomic E-state index is 12.7. The van der Waals surface area contributed by atoms with Crippen molar-refractivity contribution in [2.24, 2.45) is 0 Å². The van der Waals surface area contributed by atoms with E-state index in [1.54, 1.807) is 6.07 Å². The van der Waals surface area contributed by atoms with Gasteiger partial charge in [0, 0.05) is 10.9 Å². The molecule has 0 radical (unpaired) electrons. The molecule has 0 fully saturated rings. The van der Waals surface area contributed by atoms with Crippen LogP contribution in [0.1, 0.15) is 12.5 Å². The standard InChI is InChI=1S/C21H14N6O2/c1-2-29-20-16(11-23)18(13-6-4-3-5-7-13)15-10-14-17(25-19(15)26-20)12-24-27(9-8-22)21(14)28/h3-7,10,12H,2,9H2,1H3. The number of hydrogen-bond acceptors (Lipinski definition) is 7. The van der Waals surface area contributed by atoms with Crippen molar-refractivity contribution in [1.82, 2.24) is 19.7 Å². The van der Waals surface area contributed by atoms with Crippen LogP contribution in [0.15, 0.2) is 47.4 Å². The first-order chi connectivity index (χ1) is 14.2. The monoisotopic (exact) mass is 382 g/mol. The summed E-state index contributed by atoms with van der Waals surface area (Å²) in [4.78, 5) is 21.6. The molecule has 140 valence electrons. The second-order valence-corrected chi connectivity index (χ2v) is 6.14. The number of fused-ring (bicyclic) bond motifs is 2. The number of hydrogen-bond donors (Lipinski definition) is 0. The molecule has 8 nitrogen and oxygen atoms in total. The van der Waals surface area contributed by atoms with Crippen LogP contribution in [-0.2, 0) is 6.54 Å². The topological polar surface area (TPSA) is 117 Å². The van der Waals surface area contributed by atoms with Gasteiger partial charge in [-0.15, -0.1) is 0 Å². The van der Waals surface area contributed by atoms with E-state index < -0.39 is 5.56 Å². The second-order valence-electron chi connectivity index (χ2n) is 6.14. The number of nitrogens with zero attached hydrogens (tertiary/aromatic N) is 6. The lowest BCUT2D eigenvalue weighted by Gasteiger charge is -2.13. The molecule has 0 aliphatic heterocycles. The third-order valence-corrected chi connectivity index (χ3v) is 4.43. The third-order valence-electron chi connectivity index (χ3n) is 4.43. The smallest absolute Gasteiger partial charge is 0.277 e. The van der Waals surface area contributed by atoms with E-state index in [9.17, 15) is 10.1 Å². The number of ether oxygens (including phenoxy) is 1. The fourth-order valence-corrected chi connectivity index (χ4v) is 3.19. The zero-order valence-corrected chi connectivity index (χ0v) is 15.5. The Morgan fingerprint density at radius 3 is 2.62 bits per heavy atom. The molecule has 0 aliphatic rings. The number of nitriles is 2. The molecule has 4 aromatic rings. The van der Waals surface area contributed by atoms with Crippen molar-refractivity contribution >= 4 is 21.9 Å². The molecular formula is C21H14N6O2. The van der Waals surface area contributed by atoms with Crippen LogP contribution >= 0.6 is 0 Å². The van der Waals surface area contributed by atoms with Crippen molar-refractivity contribution in [3.63, 3.8) is 0 Å². The van der Waals surface area contributed by atoms with Gasteiger partial charge in [0.05, 0.1) is 29.8 Å². The summed E-state index contributed by atoms with van der Waals surface area (Å²) in [6.07, 6.45) is 1.43. The van der Waals surface area contributed by atoms with E-state index in [4.69, 9.17) is 10.00 Å². The highest BCUT2D eigenvalue weighted by atomic mass is 16.5. The average molecular weight is 382 g/mol. The van der Waals surface area contributed by atoms with Gasteiger partial charge in [0.25, 0.3) is 5.56 Å². The SMILES string of the molecule is CCOc1nc2nc3cnn(CC#N)c(=O)c3cc2c(-c2ccccc2)c1C#N. The zero-order chi connectivity index (χ0) is 20.4. The van der Waals surface area contributed by atoms with E-state index in [2.05, 4.69) is 21.1 Å². The van der Waals surface area contributed by atoms with Gasteiger partial charge in [-0.1, -0.05) is 30.3 Å². The predicted molar refractivity (Wildman–Crippen MR) is 106 cm³/mol. The predicted octanol–water partition coefficient (Wildman–Crippen LogP) is 2.80. The van der Waals surface area contributed by atoms with Crippen LogP contribution in [0.3, 0.4) is 0 Å². The van der Waals surface area contributed by atoms with Gasteiger partial charge in [-0.25, -0.2) is 9.67 Å². The highest BCUT2D eigenvalue weighted by Crippen LogP contribution is 2.36. The molecule has 0 amide bonds. The fourth-order valence-electron chi connectivity index (χ4n) is 3.19. The van der Waals surface area contributed by atoms with Crippen molar-refractivity contribution in [1.29, 1.82) is 10.5 Å². The van der Waals surface area contributed by atoms with Crippen LogP contribution in [0.25, 0.3) is 33.1 Å². The fraction of sp³-hybridized carbons (Fsp3) is 0.143. The number of benzene rings is 1. The van der Waals surface area contributed by atoms with Crippen molar-refractivity contribution in [2.75, 3.05) is 6.61 Å². The summed E-state index contributed by atoms with van der Waals surface area (Å²) in [6, 6.07) is 15.1. The lowest BCUT2D eigenvalue weighted by atomic mass is 9.97. The van der Waals surface area contributed by atoms with E-state index in [-0.39, 0.29) is 18.0 Å². The largest absolute Gasteiger partial charge is 0.477 e. The van der Waals surface area contributed by atoms with Crippen molar-refractivity contribution in [3.05, 3.63) is 58.5 Å². The van der Waals surface area contributed by atoms with Gasteiger partial charge >= 0.3 is 0 Å². The molecule has 1 aromatic carbocycles. The normalized spacial score (nSPS) is 10.6. The summed E-state index contributed by atoms with van der Waals surface area (Å²) in [5.74, 6) is 0.194. The Hall–Kier alpha value is -4.30. The van der Waals surface area contributed by atoms with Crippen LogP contribution in [0.5, 0.6) is 5.88 Å². The van der Waals surface area contributed by atoms with Crippen molar-refractivity contribution in [3.8, 4) is 29.1 Å². The van der Waals surface area contributed by atoms with E-state index in [0.29, 0.717) is 34.1 Å². The molecule has 29 heavy (non-hydrogen) atoms. The average Bonchev–Trinajstić information content (AvgIpc) is 2.75. The van der Waals surface area contributed by atoms with Gasteiger partial charge in [-0.05, 0) is 18.6 Å². The number of rotatable bonds is 4. The van der Waals surface area contributed by atoms with Crippen LogP contribution < -0.4 is 10.3 Å². The summed E-state index contributed by atoms with van der Waals surface area (Å²) >= 11 is 0. The molecule has 0 bridgehead atoms. The Morgan fingerprint density at radius 1 is 1.14 bits per heavy atom. The molecule has 8 heteroatoms. The number of aromatic nitrogens is 4. The molecule has 0 spiro atoms. The van der Waals surface area contributed by atoms with E-state index in [1.807, 2.05) is 43.3 Å². The van der Waals surface area contributed by atoms with E-state index in [1.165, 1.54) is 6.20 Å². The molecule has 3 heterocycles. The van der Waals surface area contributed by atoms with Crippen LogP contribution in [0.4, 0.5) is 0 Å². The Morgan fingerprint density at radius 2 is 1.93 bits per heavy atom. The molecule has 4 rings (SSSR count). The molecular weight excluding hydrogens is 368 g/mol. The zero-order valence-electron chi connectivity index (χ0n) is 15.5. The van der Waals surface area contributed by atoms with Crippen LogP contribution in [-0.4, -0.2) is 26.4 Å². The maximum absolute atomic E-state index is 12.7. The first-order valence-corrected chi connectivity index (χ1v) is 8.87. The van der Waals surface area contributed by atoms with Gasteiger partial charge < -0.3 is 4.74 Å². The Labute approximate surface area is 165 Å². The highest BCUT2D eigenvalue weighted by Gasteiger charge is 2.20. The molecule has 0 saturated carbocycles. The van der Waals surface area contributed by atoms with Crippen LogP contribution in [0, 0.1) is 22.7 Å². The quantitative estimate of drug-likeness (QED) is 0.498. The Balaban J connectivity index is 2.16. The van der Waals surface area contributed by atoms with Gasteiger partial charge in [0.15, 0.2) is 5.65 Å². The minimum atomic E-state index is -0.426. The Bertz CT molecular complexity index is 1380. The third kappa shape index (κ3) is 3.03. The van der Waals surface area contributed by atoms with Gasteiger partial charge in [0.2, 0.25) is 5.88 Å². The van der Waals surface area contributed by atoms with Gasteiger partial charge in [0.1, 0.15) is 18.2 Å². The minimum Gasteiger partial charge on any atom is -0.477 e. The summed E-state index contributed by atoms with van der Waals surface area (Å²) in [5, 5.41) is 23.6. The molecule has 0 unspecified atom stereocenters. The molecule has 0 atom stereocenters. The molecule has 0 aliphatic carbocycles. The summed E-state index contributed by atoms with van der Waals surface area (Å²) in [7, 11) is 0. The Kier molecular flexibility index (Phi) is 4.60. The lowest BCUT2D eigenvalue weighted by molar-refractivity contribution is 0.327. The van der Waals surface area contributed by atoms with Gasteiger partial charge in [-0.3, -0.25) is 4.79 Å². The molecule has 0 saturated heterocycles. The molecule has 0 N–H and O–H groups in total. The summed E-state index contributed by atoms with van der Waals surface area (Å²) < 4.78 is 6.67. The van der Waals surface area contributed by atoms with E-state index in [0.717, 1.165) is 10.2 Å². The van der Waals surface area contributed by atoms with Crippen molar-refractivity contribution < 1.29 is 4.74 Å². The van der Waals surface area contributed by atoms with Crippen LogP contribution in [0.2, 0.25) is 0 Å². The maximum Gasteiger partial charge on any atom is 0.277 e. The lowest BCUT2D eigenvalue weighted by Crippen LogP contribution is -2.22. The second kappa shape index (κ2) is 7.37. The summed E-state index contributed by atoms with van der Waals surface area (Å²) in [6.45, 7) is 1.99. The minimum absolute atomic E-state index is 0.163. The van der Waals surface area contributed by atoms with Gasteiger partial charge in [-0.2, -0.15) is 20.6 Å². The summed E-state index contributed by atoms with van der Waals surface area (Å²) in [5.41, 5.74) is 1.93. The van der Waals surface area contributed by atoms with E-state index >= 15 is 0 Å². The number of pyridine rings is 2. The molecule has 3 aromatic heterocycles.